The molecule has 0 aliphatic carbocycles. The zero-order chi connectivity index (χ0) is 13.4. The minimum Gasteiger partial charge on any atom is -0.306 e. The first-order chi connectivity index (χ1) is 9.16. The largest absolute Gasteiger partial charge is 0.306 e. The molecule has 1 aliphatic rings. The number of rotatable bonds is 1. The summed E-state index contributed by atoms with van der Waals surface area (Å²) in [7, 11) is 0. The Morgan fingerprint density at radius 3 is 2.79 bits per heavy atom. The first-order valence-electron chi connectivity index (χ1n) is 6.27. The van der Waals surface area contributed by atoms with E-state index in [-0.39, 0.29) is 5.91 Å². The molecule has 0 atom stereocenters. The van der Waals surface area contributed by atoms with Crippen LogP contribution in [0.25, 0.3) is 0 Å². The fourth-order valence-corrected chi connectivity index (χ4v) is 4.17. The number of aryl methyl sites for hydroxylation is 2. The number of thiophene rings is 1. The van der Waals surface area contributed by atoms with E-state index in [4.69, 9.17) is 0 Å². The summed E-state index contributed by atoms with van der Waals surface area (Å²) < 4.78 is 0. The molecule has 2 aromatic rings. The van der Waals surface area contributed by atoms with E-state index in [2.05, 4.69) is 19.9 Å². The first kappa shape index (κ1) is 12.8. The summed E-state index contributed by atoms with van der Waals surface area (Å²) in [6.07, 6.45) is 0. The lowest BCUT2D eigenvalue weighted by Gasteiger charge is -2.28. The Kier molecular flexibility index (Phi) is 3.37. The van der Waals surface area contributed by atoms with Crippen LogP contribution in [-0.2, 0) is 0 Å². The van der Waals surface area contributed by atoms with Crippen molar-refractivity contribution < 1.29 is 4.79 Å². The molecule has 0 spiro atoms. The van der Waals surface area contributed by atoms with E-state index in [1.165, 1.54) is 15.3 Å². The maximum atomic E-state index is 12.7. The fourth-order valence-electron chi connectivity index (χ4n) is 2.19. The Labute approximate surface area is 121 Å². The summed E-state index contributed by atoms with van der Waals surface area (Å²) in [6, 6.07) is 10.2. The Morgan fingerprint density at radius 2 is 2.05 bits per heavy atom. The topological polar surface area (TPSA) is 20.3 Å². The predicted molar refractivity (Wildman–Crippen MR) is 82.6 cm³/mol. The average Bonchev–Trinajstić information content (AvgIpc) is 2.77. The summed E-state index contributed by atoms with van der Waals surface area (Å²) in [6.45, 7) is 4.91. The van der Waals surface area contributed by atoms with Gasteiger partial charge in [-0.05, 0) is 37.6 Å². The summed E-state index contributed by atoms with van der Waals surface area (Å²) in [5.74, 6) is 1.10. The van der Waals surface area contributed by atoms with Gasteiger partial charge in [0.05, 0.1) is 10.6 Å². The molecule has 0 fully saturated rings. The highest BCUT2D eigenvalue weighted by atomic mass is 32.2. The second-order valence-electron chi connectivity index (χ2n) is 4.62. The van der Waals surface area contributed by atoms with E-state index >= 15 is 0 Å². The molecule has 2 heterocycles. The zero-order valence-corrected chi connectivity index (χ0v) is 12.6. The van der Waals surface area contributed by atoms with Crippen LogP contribution in [0.3, 0.4) is 0 Å². The minimum absolute atomic E-state index is 0.133. The number of para-hydroxylation sites is 1. The monoisotopic (exact) mass is 289 g/mol. The molecule has 3 rings (SSSR count). The number of hydrogen-bond acceptors (Lipinski definition) is 3. The van der Waals surface area contributed by atoms with Crippen LogP contribution >= 0.6 is 23.1 Å². The number of carbonyl (C=O) groups excluding carboxylic acids is 1. The molecular weight excluding hydrogens is 274 g/mol. The van der Waals surface area contributed by atoms with Gasteiger partial charge in [-0.2, -0.15) is 0 Å². The number of anilines is 1. The minimum atomic E-state index is 0.133. The smallest absolute Gasteiger partial charge is 0.268 e. The van der Waals surface area contributed by atoms with E-state index in [0.717, 1.165) is 22.9 Å². The van der Waals surface area contributed by atoms with Gasteiger partial charge in [0.15, 0.2) is 0 Å². The lowest BCUT2D eigenvalue weighted by atomic mass is 10.2. The molecule has 0 saturated heterocycles. The van der Waals surface area contributed by atoms with Crippen LogP contribution in [0.15, 0.2) is 35.2 Å². The molecule has 4 heteroatoms. The Balaban J connectivity index is 1.97. The second kappa shape index (κ2) is 5.02. The molecule has 0 N–H and O–H groups in total. The molecular formula is C15H15NOS2. The van der Waals surface area contributed by atoms with E-state index in [1.807, 2.05) is 40.9 Å². The summed E-state index contributed by atoms with van der Waals surface area (Å²) >= 11 is 3.42. The first-order valence-corrected chi connectivity index (χ1v) is 8.08. The highest BCUT2D eigenvalue weighted by molar-refractivity contribution is 7.99. The number of amides is 1. The van der Waals surface area contributed by atoms with Gasteiger partial charge in [-0.25, -0.2) is 0 Å². The van der Waals surface area contributed by atoms with Crippen LogP contribution in [0.2, 0.25) is 0 Å². The van der Waals surface area contributed by atoms with Gasteiger partial charge in [-0.1, -0.05) is 12.1 Å². The van der Waals surface area contributed by atoms with Crippen LogP contribution in [0, 0.1) is 13.8 Å². The number of hydrogen-bond donors (Lipinski definition) is 0. The normalized spacial score (nSPS) is 14.3. The molecule has 0 bridgehead atoms. The van der Waals surface area contributed by atoms with E-state index < -0.39 is 0 Å². The third-order valence-corrected chi connectivity index (χ3v) is 5.53. The molecule has 1 amide bonds. The van der Waals surface area contributed by atoms with Crippen molar-refractivity contribution in [3.8, 4) is 0 Å². The highest BCUT2D eigenvalue weighted by Gasteiger charge is 2.24. The van der Waals surface area contributed by atoms with Crippen molar-refractivity contribution in [1.82, 2.24) is 0 Å². The van der Waals surface area contributed by atoms with Gasteiger partial charge < -0.3 is 4.90 Å². The maximum Gasteiger partial charge on any atom is 0.268 e. The van der Waals surface area contributed by atoms with Crippen LogP contribution in [0.5, 0.6) is 0 Å². The van der Waals surface area contributed by atoms with Crippen molar-refractivity contribution in [2.24, 2.45) is 0 Å². The van der Waals surface area contributed by atoms with Gasteiger partial charge in [0, 0.05) is 22.1 Å². The Bertz CT molecular complexity index is 613. The third-order valence-electron chi connectivity index (χ3n) is 3.35. The van der Waals surface area contributed by atoms with Gasteiger partial charge in [-0.3, -0.25) is 4.79 Å². The zero-order valence-electron chi connectivity index (χ0n) is 11.0. The maximum absolute atomic E-state index is 12.7. The highest BCUT2D eigenvalue weighted by Crippen LogP contribution is 2.35. The molecule has 0 unspecified atom stereocenters. The van der Waals surface area contributed by atoms with Crippen molar-refractivity contribution >= 4 is 34.7 Å². The van der Waals surface area contributed by atoms with E-state index in [9.17, 15) is 4.79 Å². The van der Waals surface area contributed by atoms with Gasteiger partial charge >= 0.3 is 0 Å². The van der Waals surface area contributed by atoms with Crippen molar-refractivity contribution in [3.63, 3.8) is 0 Å². The second-order valence-corrected chi connectivity index (χ2v) is 7.02. The molecule has 2 nitrogen and oxygen atoms in total. The van der Waals surface area contributed by atoms with Crippen LogP contribution in [-0.4, -0.2) is 18.2 Å². The van der Waals surface area contributed by atoms with Crippen LogP contribution in [0.4, 0.5) is 5.69 Å². The quantitative estimate of drug-likeness (QED) is 0.787. The Morgan fingerprint density at radius 1 is 1.26 bits per heavy atom. The van der Waals surface area contributed by atoms with Crippen molar-refractivity contribution in [3.05, 3.63) is 45.6 Å². The van der Waals surface area contributed by atoms with Crippen molar-refractivity contribution in [1.29, 1.82) is 0 Å². The van der Waals surface area contributed by atoms with Gasteiger partial charge in [0.1, 0.15) is 0 Å². The van der Waals surface area contributed by atoms with Gasteiger partial charge in [0.2, 0.25) is 0 Å². The number of benzene rings is 1. The predicted octanol–water partition coefficient (Wildman–Crippen LogP) is 4.12. The summed E-state index contributed by atoms with van der Waals surface area (Å²) in [5, 5.41) is 0. The number of nitrogens with zero attached hydrogens (tertiary/aromatic N) is 1. The van der Waals surface area contributed by atoms with E-state index in [1.54, 1.807) is 11.3 Å². The number of fused-ring (bicyclic) bond motifs is 1. The Hall–Kier alpha value is -1.26. The van der Waals surface area contributed by atoms with Crippen molar-refractivity contribution in [2.45, 2.75) is 18.7 Å². The molecule has 0 saturated carbocycles. The molecule has 0 radical (unpaired) electrons. The fraction of sp³-hybridized carbons (Fsp3) is 0.267. The molecule has 1 aliphatic heterocycles. The molecule has 1 aromatic carbocycles. The van der Waals surface area contributed by atoms with Gasteiger partial charge in [0.25, 0.3) is 5.91 Å². The lowest BCUT2D eigenvalue weighted by molar-refractivity contribution is 0.0991. The van der Waals surface area contributed by atoms with Crippen LogP contribution in [0.1, 0.15) is 20.1 Å². The third kappa shape index (κ3) is 2.30. The summed E-state index contributed by atoms with van der Waals surface area (Å²) in [5.41, 5.74) is 2.25. The van der Waals surface area contributed by atoms with E-state index in [0.29, 0.717) is 0 Å². The average molecular weight is 289 g/mol. The van der Waals surface area contributed by atoms with Crippen molar-refractivity contribution in [2.75, 3.05) is 17.2 Å². The number of carbonyl (C=O) groups is 1. The molecule has 98 valence electrons. The SMILES string of the molecule is Cc1cc(C(=O)N2CCSc3ccccc32)sc1C. The molecule has 1 aromatic heterocycles. The summed E-state index contributed by atoms with van der Waals surface area (Å²) in [4.78, 5) is 17.8. The standard InChI is InChI=1S/C15H15NOS2/c1-10-9-14(19-11(10)2)15(17)16-7-8-18-13-6-4-3-5-12(13)16/h3-6,9H,7-8H2,1-2H3. The van der Waals surface area contributed by atoms with Crippen LogP contribution < -0.4 is 4.90 Å². The van der Waals surface area contributed by atoms with Gasteiger partial charge in [-0.15, -0.1) is 23.1 Å². The number of thioether (sulfide) groups is 1. The lowest BCUT2D eigenvalue weighted by Crippen LogP contribution is -2.34. The molecule has 19 heavy (non-hydrogen) atoms.